The summed E-state index contributed by atoms with van der Waals surface area (Å²) < 4.78 is 1.61. The molecule has 0 fully saturated rings. The molecule has 0 aliphatic heterocycles. The van der Waals surface area contributed by atoms with E-state index in [1.807, 2.05) is 0 Å². The minimum atomic E-state index is 0.393. The fourth-order valence-corrected chi connectivity index (χ4v) is 1.74. The quantitative estimate of drug-likeness (QED) is 0.747. The van der Waals surface area contributed by atoms with E-state index in [2.05, 4.69) is 25.5 Å². The summed E-state index contributed by atoms with van der Waals surface area (Å²) in [6.07, 6.45) is 3.16. The molecule has 0 spiro atoms. The van der Waals surface area contributed by atoms with E-state index in [-0.39, 0.29) is 0 Å². The van der Waals surface area contributed by atoms with Crippen LogP contribution >= 0.6 is 23.4 Å². The monoisotopic (exact) mass is 242 g/mol. The van der Waals surface area contributed by atoms with Gasteiger partial charge >= 0.3 is 0 Å². The summed E-state index contributed by atoms with van der Waals surface area (Å²) in [5.41, 5.74) is 0.840. The smallest absolute Gasteiger partial charge is 0.209 e. The van der Waals surface area contributed by atoms with E-state index < -0.39 is 0 Å². The molecule has 0 bridgehead atoms. The van der Waals surface area contributed by atoms with Gasteiger partial charge in [-0.2, -0.15) is 0 Å². The predicted molar refractivity (Wildman–Crippen MR) is 55.4 cm³/mol. The first-order chi connectivity index (χ1) is 7.25. The van der Waals surface area contributed by atoms with Crippen molar-refractivity contribution in [3.8, 4) is 0 Å². The Hall–Kier alpha value is -1.21. The fraction of sp³-hybridized carbons (Fsp3) is 0.286. The Morgan fingerprint density at radius 3 is 2.87 bits per heavy atom. The molecule has 78 valence electrons. The van der Waals surface area contributed by atoms with Gasteiger partial charge in [0, 0.05) is 12.8 Å². The van der Waals surface area contributed by atoms with Crippen LogP contribution in [0, 0.1) is 0 Å². The lowest BCUT2D eigenvalue weighted by Gasteiger charge is -1.98. The van der Waals surface area contributed by atoms with Crippen molar-refractivity contribution in [1.29, 1.82) is 0 Å². The van der Waals surface area contributed by atoms with Crippen LogP contribution in [0.25, 0.3) is 0 Å². The second-order valence-corrected chi connectivity index (χ2v) is 4.03. The van der Waals surface area contributed by atoms with Gasteiger partial charge in [-0.25, -0.2) is 9.67 Å². The summed E-state index contributed by atoms with van der Waals surface area (Å²) in [7, 11) is 1.79. The van der Waals surface area contributed by atoms with E-state index in [4.69, 9.17) is 11.6 Å². The average Bonchev–Trinajstić information content (AvgIpc) is 2.63. The second kappa shape index (κ2) is 4.54. The van der Waals surface area contributed by atoms with Crippen LogP contribution in [0.4, 0.5) is 0 Å². The van der Waals surface area contributed by atoms with Crippen molar-refractivity contribution in [3.05, 3.63) is 23.2 Å². The van der Waals surface area contributed by atoms with E-state index in [9.17, 15) is 0 Å². The van der Waals surface area contributed by atoms with Crippen LogP contribution in [0.15, 0.2) is 17.6 Å². The summed E-state index contributed by atoms with van der Waals surface area (Å²) in [5, 5.41) is 12.2. The van der Waals surface area contributed by atoms with Gasteiger partial charge in [-0.15, -0.1) is 5.10 Å². The molecule has 8 heteroatoms. The van der Waals surface area contributed by atoms with Crippen LogP contribution in [0.1, 0.15) is 5.69 Å². The zero-order valence-electron chi connectivity index (χ0n) is 7.83. The Labute approximate surface area is 95.1 Å². The average molecular weight is 243 g/mol. The van der Waals surface area contributed by atoms with Crippen LogP contribution in [0.5, 0.6) is 0 Å². The Balaban J connectivity index is 1.99. The van der Waals surface area contributed by atoms with Crippen molar-refractivity contribution in [2.24, 2.45) is 7.05 Å². The first-order valence-electron chi connectivity index (χ1n) is 4.07. The molecule has 2 aromatic rings. The molecule has 2 heterocycles. The number of hydrogen-bond acceptors (Lipinski definition) is 6. The lowest BCUT2D eigenvalue weighted by Crippen LogP contribution is -1.94. The SMILES string of the molecule is Cn1nnnc1SCc1cnc(Cl)cn1. The van der Waals surface area contributed by atoms with Crippen LogP contribution in [-0.4, -0.2) is 30.2 Å². The number of nitrogens with zero attached hydrogens (tertiary/aromatic N) is 6. The summed E-state index contributed by atoms with van der Waals surface area (Å²) in [4.78, 5) is 8.05. The van der Waals surface area contributed by atoms with E-state index >= 15 is 0 Å². The van der Waals surface area contributed by atoms with Crippen molar-refractivity contribution < 1.29 is 0 Å². The standard InChI is InChI=1S/C7H7ClN6S/c1-14-7(11-12-13-14)15-4-5-2-10-6(8)3-9-5/h2-3H,4H2,1H3. The highest BCUT2D eigenvalue weighted by Gasteiger charge is 2.04. The summed E-state index contributed by atoms with van der Waals surface area (Å²) in [6.45, 7) is 0. The number of aromatic nitrogens is 6. The molecule has 0 unspecified atom stereocenters. The molecule has 0 saturated heterocycles. The van der Waals surface area contributed by atoms with Gasteiger partial charge in [0.15, 0.2) is 0 Å². The van der Waals surface area contributed by atoms with E-state index in [0.717, 1.165) is 10.9 Å². The van der Waals surface area contributed by atoms with Gasteiger partial charge in [0.2, 0.25) is 5.16 Å². The third-order valence-corrected chi connectivity index (χ3v) is 2.84. The third-order valence-electron chi connectivity index (χ3n) is 1.60. The number of aryl methyl sites for hydroxylation is 1. The minimum absolute atomic E-state index is 0.393. The molecule has 0 radical (unpaired) electrons. The zero-order chi connectivity index (χ0) is 10.7. The Kier molecular flexibility index (Phi) is 3.12. The van der Waals surface area contributed by atoms with Gasteiger partial charge in [0.25, 0.3) is 0 Å². The van der Waals surface area contributed by atoms with Crippen LogP contribution in [-0.2, 0) is 12.8 Å². The molecule has 0 amide bonds. The minimum Gasteiger partial charge on any atom is -0.256 e. The maximum absolute atomic E-state index is 5.62. The van der Waals surface area contributed by atoms with Crippen molar-refractivity contribution in [3.63, 3.8) is 0 Å². The van der Waals surface area contributed by atoms with Gasteiger partial charge in [-0.1, -0.05) is 23.4 Å². The summed E-state index contributed by atoms with van der Waals surface area (Å²) in [5.74, 6) is 0.665. The molecule has 2 rings (SSSR count). The molecule has 2 aromatic heterocycles. The van der Waals surface area contributed by atoms with E-state index in [1.165, 1.54) is 18.0 Å². The molecule has 0 atom stereocenters. The van der Waals surface area contributed by atoms with Crippen molar-refractivity contribution in [1.82, 2.24) is 30.2 Å². The van der Waals surface area contributed by atoms with Crippen LogP contribution < -0.4 is 0 Å². The number of rotatable bonds is 3. The maximum atomic E-state index is 5.62. The van der Waals surface area contributed by atoms with Crippen LogP contribution in [0.2, 0.25) is 5.15 Å². The number of thioether (sulfide) groups is 1. The first kappa shape index (κ1) is 10.3. The van der Waals surface area contributed by atoms with Gasteiger partial charge < -0.3 is 0 Å². The molecular formula is C7H7ClN6S. The fourth-order valence-electron chi connectivity index (χ4n) is 0.896. The zero-order valence-corrected chi connectivity index (χ0v) is 9.40. The normalized spacial score (nSPS) is 10.5. The molecule has 15 heavy (non-hydrogen) atoms. The highest BCUT2D eigenvalue weighted by Crippen LogP contribution is 2.17. The second-order valence-electron chi connectivity index (χ2n) is 2.70. The topological polar surface area (TPSA) is 69.4 Å². The third kappa shape index (κ3) is 2.63. The Morgan fingerprint density at radius 1 is 1.40 bits per heavy atom. The van der Waals surface area contributed by atoms with Gasteiger partial charge in [0.05, 0.1) is 18.1 Å². The highest BCUT2D eigenvalue weighted by atomic mass is 35.5. The maximum Gasteiger partial charge on any atom is 0.209 e. The molecule has 0 aromatic carbocycles. The van der Waals surface area contributed by atoms with Crippen LogP contribution in [0.3, 0.4) is 0 Å². The predicted octanol–water partition coefficient (Wildman–Crippen LogP) is 0.946. The highest BCUT2D eigenvalue weighted by molar-refractivity contribution is 7.98. The molecule has 0 saturated carbocycles. The summed E-state index contributed by atoms with van der Waals surface area (Å²) >= 11 is 7.11. The first-order valence-corrected chi connectivity index (χ1v) is 5.43. The Bertz CT molecular complexity index is 441. The molecular weight excluding hydrogens is 236 g/mol. The number of halogens is 1. The van der Waals surface area contributed by atoms with E-state index in [0.29, 0.717) is 10.9 Å². The van der Waals surface area contributed by atoms with Crippen molar-refractivity contribution in [2.75, 3.05) is 0 Å². The lowest BCUT2D eigenvalue weighted by molar-refractivity contribution is 0.664. The van der Waals surface area contributed by atoms with Crippen molar-refractivity contribution >= 4 is 23.4 Å². The molecule has 6 nitrogen and oxygen atoms in total. The molecule has 0 aliphatic carbocycles. The van der Waals surface area contributed by atoms with E-state index in [1.54, 1.807) is 17.9 Å². The largest absolute Gasteiger partial charge is 0.256 e. The lowest BCUT2D eigenvalue weighted by atomic mass is 10.5. The van der Waals surface area contributed by atoms with Gasteiger partial charge in [-0.05, 0) is 10.4 Å². The van der Waals surface area contributed by atoms with Gasteiger partial charge in [-0.3, -0.25) is 4.98 Å². The summed E-state index contributed by atoms with van der Waals surface area (Å²) in [6, 6.07) is 0. The number of tetrazole rings is 1. The van der Waals surface area contributed by atoms with Crippen molar-refractivity contribution in [2.45, 2.75) is 10.9 Å². The van der Waals surface area contributed by atoms with Gasteiger partial charge in [0.1, 0.15) is 5.15 Å². The Morgan fingerprint density at radius 2 is 2.27 bits per heavy atom. The number of hydrogen-bond donors (Lipinski definition) is 0. The molecule has 0 N–H and O–H groups in total. The molecule has 0 aliphatic rings.